The number of carboxylic acids is 1. The zero-order valence-corrected chi connectivity index (χ0v) is 12.7. The zero-order chi connectivity index (χ0) is 15.2. The molecule has 2 aliphatic rings. The highest BCUT2D eigenvalue weighted by atomic mass is 16.5. The van der Waals surface area contributed by atoms with Gasteiger partial charge in [-0.05, 0) is 31.6 Å². The Morgan fingerprint density at radius 1 is 1.29 bits per heavy atom. The Labute approximate surface area is 125 Å². The number of hydrogen-bond donors (Lipinski definition) is 2. The van der Waals surface area contributed by atoms with Crippen LogP contribution >= 0.6 is 0 Å². The first kappa shape index (κ1) is 16.1. The molecule has 21 heavy (non-hydrogen) atoms. The lowest BCUT2D eigenvalue weighted by Gasteiger charge is -2.37. The molecule has 2 fully saturated rings. The van der Waals surface area contributed by atoms with Gasteiger partial charge < -0.3 is 20.1 Å². The number of carbonyl (C=O) groups is 2. The van der Waals surface area contributed by atoms with Crippen molar-refractivity contribution in [2.45, 2.75) is 45.1 Å². The van der Waals surface area contributed by atoms with E-state index in [-0.39, 0.29) is 18.6 Å². The lowest BCUT2D eigenvalue weighted by Crippen LogP contribution is -2.51. The van der Waals surface area contributed by atoms with Crippen molar-refractivity contribution in [2.75, 3.05) is 26.2 Å². The maximum Gasteiger partial charge on any atom is 0.407 e. The van der Waals surface area contributed by atoms with E-state index in [9.17, 15) is 9.59 Å². The van der Waals surface area contributed by atoms with E-state index in [1.54, 1.807) is 6.92 Å². The van der Waals surface area contributed by atoms with Crippen molar-refractivity contribution in [1.82, 2.24) is 10.2 Å². The van der Waals surface area contributed by atoms with Crippen LogP contribution in [0.25, 0.3) is 0 Å². The van der Waals surface area contributed by atoms with Gasteiger partial charge in [-0.3, -0.25) is 4.79 Å². The van der Waals surface area contributed by atoms with Crippen LogP contribution in [0, 0.1) is 11.8 Å². The Morgan fingerprint density at radius 2 is 2.05 bits per heavy atom. The average molecular weight is 298 g/mol. The standard InChI is InChI=1S/C15H26N2O4/c1-2-21-15(20)16-13-8-12(7-11-3-4-11)9-17(10-13)6-5-14(18)19/h11-13H,2-10H2,1H3,(H,16,20)(H,18,19). The van der Waals surface area contributed by atoms with E-state index in [0.717, 1.165) is 18.9 Å². The maximum absolute atomic E-state index is 11.6. The van der Waals surface area contributed by atoms with Crippen molar-refractivity contribution in [3.63, 3.8) is 0 Å². The number of hydrogen-bond acceptors (Lipinski definition) is 4. The van der Waals surface area contributed by atoms with Crippen LogP contribution in [0.5, 0.6) is 0 Å². The third kappa shape index (κ3) is 5.91. The van der Waals surface area contributed by atoms with Crippen LogP contribution in [-0.2, 0) is 9.53 Å². The highest BCUT2D eigenvalue weighted by Crippen LogP contribution is 2.37. The van der Waals surface area contributed by atoms with Crippen LogP contribution in [0.3, 0.4) is 0 Å². The summed E-state index contributed by atoms with van der Waals surface area (Å²) in [6, 6.07) is 0.0651. The number of alkyl carbamates (subject to hydrolysis) is 1. The van der Waals surface area contributed by atoms with Crippen molar-refractivity contribution in [3.05, 3.63) is 0 Å². The van der Waals surface area contributed by atoms with Crippen molar-refractivity contribution < 1.29 is 19.4 Å². The molecule has 120 valence electrons. The molecule has 0 bridgehead atoms. The Hall–Kier alpha value is -1.30. The molecule has 2 rings (SSSR count). The second-order valence-corrected chi connectivity index (χ2v) is 6.25. The Balaban J connectivity index is 1.85. The predicted molar refractivity (Wildman–Crippen MR) is 78.1 cm³/mol. The molecule has 1 saturated carbocycles. The van der Waals surface area contributed by atoms with E-state index >= 15 is 0 Å². The predicted octanol–water partition coefficient (Wildman–Crippen LogP) is 1.70. The van der Waals surface area contributed by atoms with Gasteiger partial charge in [-0.1, -0.05) is 12.8 Å². The smallest absolute Gasteiger partial charge is 0.407 e. The van der Waals surface area contributed by atoms with Gasteiger partial charge in [0.1, 0.15) is 0 Å². The summed E-state index contributed by atoms with van der Waals surface area (Å²) in [6.07, 6.45) is 4.60. The molecule has 1 saturated heterocycles. The number of piperidine rings is 1. The maximum atomic E-state index is 11.6. The first-order chi connectivity index (χ1) is 10.1. The van der Waals surface area contributed by atoms with Gasteiger partial charge in [0.05, 0.1) is 13.0 Å². The molecule has 6 nitrogen and oxygen atoms in total. The van der Waals surface area contributed by atoms with E-state index in [0.29, 0.717) is 25.6 Å². The molecule has 1 amide bonds. The van der Waals surface area contributed by atoms with E-state index in [4.69, 9.17) is 9.84 Å². The molecule has 0 aromatic heterocycles. The number of carboxylic acid groups (broad SMARTS) is 1. The molecule has 2 unspecified atom stereocenters. The number of ether oxygens (including phenoxy) is 1. The van der Waals surface area contributed by atoms with E-state index < -0.39 is 5.97 Å². The number of nitrogens with one attached hydrogen (secondary N) is 1. The third-order valence-corrected chi connectivity index (χ3v) is 4.22. The van der Waals surface area contributed by atoms with Crippen LogP contribution in [0.15, 0.2) is 0 Å². The molecular formula is C15H26N2O4. The number of nitrogens with zero attached hydrogens (tertiary/aromatic N) is 1. The van der Waals surface area contributed by atoms with Crippen molar-refractivity contribution in [1.29, 1.82) is 0 Å². The van der Waals surface area contributed by atoms with Gasteiger partial charge >= 0.3 is 12.1 Å². The normalized spacial score (nSPS) is 26.3. The van der Waals surface area contributed by atoms with Gasteiger partial charge in [0.25, 0.3) is 0 Å². The fourth-order valence-corrected chi connectivity index (χ4v) is 3.18. The third-order valence-electron chi connectivity index (χ3n) is 4.22. The topological polar surface area (TPSA) is 78.9 Å². The van der Waals surface area contributed by atoms with Crippen LogP contribution in [-0.4, -0.2) is 54.4 Å². The molecule has 0 spiro atoms. The number of rotatable bonds is 7. The monoisotopic (exact) mass is 298 g/mol. The van der Waals surface area contributed by atoms with Gasteiger partial charge in [0, 0.05) is 25.7 Å². The minimum atomic E-state index is -0.769. The summed E-state index contributed by atoms with van der Waals surface area (Å²) in [5.74, 6) is 0.624. The summed E-state index contributed by atoms with van der Waals surface area (Å²) in [5, 5.41) is 11.7. The Morgan fingerprint density at radius 3 is 2.67 bits per heavy atom. The van der Waals surface area contributed by atoms with Crippen molar-refractivity contribution in [3.8, 4) is 0 Å². The fourth-order valence-electron chi connectivity index (χ4n) is 3.18. The van der Waals surface area contributed by atoms with Gasteiger partial charge in [-0.25, -0.2) is 4.79 Å². The van der Waals surface area contributed by atoms with Gasteiger partial charge in [-0.15, -0.1) is 0 Å². The molecule has 0 radical (unpaired) electrons. The fraction of sp³-hybridized carbons (Fsp3) is 0.867. The van der Waals surface area contributed by atoms with Crippen molar-refractivity contribution >= 4 is 12.1 Å². The van der Waals surface area contributed by atoms with Crippen LogP contribution in [0.1, 0.15) is 39.0 Å². The van der Waals surface area contributed by atoms with Crippen LogP contribution in [0.4, 0.5) is 4.79 Å². The molecule has 1 heterocycles. The molecule has 2 atom stereocenters. The Kier molecular flexibility index (Phi) is 5.85. The molecule has 2 N–H and O–H groups in total. The van der Waals surface area contributed by atoms with Crippen LogP contribution < -0.4 is 5.32 Å². The summed E-state index contributed by atoms with van der Waals surface area (Å²) < 4.78 is 4.94. The molecule has 6 heteroatoms. The van der Waals surface area contributed by atoms with Crippen molar-refractivity contribution in [2.24, 2.45) is 11.8 Å². The second kappa shape index (κ2) is 7.64. The first-order valence-corrected chi connectivity index (χ1v) is 7.94. The molecule has 0 aromatic rings. The molecular weight excluding hydrogens is 272 g/mol. The number of amides is 1. The van der Waals surface area contributed by atoms with E-state index in [2.05, 4.69) is 10.2 Å². The number of carbonyl (C=O) groups excluding carboxylic acids is 1. The first-order valence-electron chi connectivity index (χ1n) is 7.94. The molecule has 0 aromatic carbocycles. The summed E-state index contributed by atoms with van der Waals surface area (Å²) in [7, 11) is 0. The number of likely N-dealkylation sites (tertiary alicyclic amines) is 1. The summed E-state index contributed by atoms with van der Waals surface area (Å²) in [6.45, 7) is 4.37. The minimum Gasteiger partial charge on any atom is -0.481 e. The number of aliphatic carboxylic acids is 1. The lowest BCUT2D eigenvalue weighted by atomic mass is 9.89. The summed E-state index contributed by atoms with van der Waals surface area (Å²) in [5.41, 5.74) is 0. The minimum absolute atomic E-state index is 0.0651. The largest absolute Gasteiger partial charge is 0.481 e. The SMILES string of the molecule is CCOC(=O)NC1CC(CC2CC2)CN(CCC(=O)O)C1. The van der Waals surface area contributed by atoms with E-state index in [1.807, 2.05) is 0 Å². The quantitative estimate of drug-likeness (QED) is 0.748. The van der Waals surface area contributed by atoms with Crippen LogP contribution in [0.2, 0.25) is 0 Å². The highest BCUT2D eigenvalue weighted by molar-refractivity contribution is 5.67. The average Bonchev–Trinajstić information content (AvgIpc) is 3.20. The lowest BCUT2D eigenvalue weighted by molar-refractivity contribution is -0.137. The Bertz CT molecular complexity index is 371. The highest BCUT2D eigenvalue weighted by Gasteiger charge is 2.32. The molecule has 1 aliphatic carbocycles. The second-order valence-electron chi connectivity index (χ2n) is 6.25. The molecule has 1 aliphatic heterocycles. The van der Waals surface area contributed by atoms with Gasteiger partial charge in [0.2, 0.25) is 0 Å². The summed E-state index contributed by atoms with van der Waals surface area (Å²) in [4.78, 5) is 24.5. The zero-order valence-electron chi connectivity index (χ0n) is 12.7. The van der Waals surface area contributed by atoms with Gasteiger partial charge in [-0.2, -0.15) is 0 Å². The van der Waals surface area contributed by atoms with Gasteiger partial charge in [0.15, 0.2) is 0 Å². The van der Waals surface area contributed by atoms with E-state index in [1.165, 1.54) is 19.3 Å². The summed E-state index contributed by atoms with van der Waals surface area (Å²) >= 11 is 0.